The molecular formula is C14H16N2O5S. The van der Waals surface area contributed by atoms with E-state index >= 15 is 0 Å². The van der Waals surface area contributed by atoms with E-state index in [1.54, 1.807) is 13.1 Å². The number of nitro groups is 1. The number of carbonyl (C=O) groups excluding carboxylic acids is 1. The molecule has 1 aromatic rings. The van der Waals surface area contributed by atoms with E-state index in [4.69, 9.17) is 0 Å². The number of likely N-dealkylation sites (N-methyl/N-ethyl adjacent to an activating group) is 1. The van der Waals surface area contributed by atoms with Crippen molar-refractivity contribution in [2.75, 3.05) is 18.6 Å². The van der Waals surface area contributed by atoms with E-state index in [1.165, 1.54) is 35.3 Å². The van der Waals surface area contributed by atoms with Crippen molar-refractivity contribution < 1.29 is 18.1 Å². The highest BCUT2D eigenvalue weighted by Gasteiger charge is 2.31. The van der Waals surface area contributed by atoms with Gasteiger partial charge >= 0.3 is 0 Å². The summed E-state index contributed by atoms with van der Waals surface area (Å²) >= 11 is 0. The largest absolute Gasteiger partial charge is 0.338 e. The summed E-state index contributed by atoms with van der Waals surface area (Å²) in [4.78, 5) is 23.6. The van der Waals surface area contributed by atoms with E-state index in [0.29, 0.717) is 12.0 Å². The number of non-ortho nitro benzene ring substituents is 1. The fraction of sp³-hybridized carbons (Fsp3) is 0.357. The Morgan fingerprint density at radius 3 is 2.77 bits per heavy atom. The molecule has 0 N–H and O–H groups in total. The first-order valence-corrected chi connectivity index (χ1v) is 8.50. The molecule has 0 aromatic heterocycles. The van der Waals surface area contributed by atoms with Gasteiger partial charge in [0.25, 0.3) is 5.69 Å². The van der Waals surface area contributed by atoms with Crippen LogP contribution in [0, 0.1) is 10.1 Å². The van der Waals surface area contributed by atoms with Crippen LogP contribution in [0.2, 0.25) is 0 Å². The average Bonchev–Trinajstić information content (AvgIpc) is 2.84. The first-order valence-electron chi connectivity index (χ1n) is 6.68. The highest BCUT2D eigenvalue weighted by molar-refractivity contribution is 7.91. The Hall–Kier alpha value is -2.22. The van der Waals surface area contributed by atoms with Gasteiger partial charge < -0.3 is 4.90 Å². The average molecular weight is 324 g/mol. The molecule has 1 heterocycles. The molecule has 1 aromatic carbocycles. The van der Waals surface area contributed by atoms with E-state index < -0.39 is 14.8 Å². The van der Waals surface area contributed by atoms with Gasteiger partial charge in [-0.1, -0.05) is 12.1 Å². The maximum atomic E-state index is 12.0. The molecule has 0 radical (unpaired) electrons. The van der Waals surface area contributed by atoms with Gasteiger partial charge in [0.05, 0.1) is 16.4 Å². The van der Waals surface area contributed by atoms with Crippen molar-refractivity contribution in [3.63, 3.8) is 0 Å². The molecule has 0 bridgehead atoms. The monoisotopic (exact) mass is 324 g/mol. The lowest BCUT2D eigenvalue weighted by molar-refractivity contribution is -0.384. The second-order valence-electron chi connectivity index (χ2n) is 5.19. The van der Waals surface area contributed by atoms with Crippen LogP contribution in [0.3, 0.4) is 0 Å². The second-order valence-corrected chi connectivity index (χ2v) is 7.42. The Bertz CT molecular complexity index is 727. The summed E-state index contributed by atoms with van der Waals surface area (Å²) in [7, 11) is -1.49. The van der Waals surface area contributed by atoms with Crippen molar-refractivity contribution in [3.05, 3.63) is 46.0 Å². The van der Waals surface area contributed by atoms with Crippen LogP contribution in [0.25, 0.3) is 6.08 Å². The van der Waals surface area contributed by atoms with Crippen LogP contribution in [0.4, 0.5) is 5.69 Å². The standard InChI is InChI=1S/C14H16N2O5S/c1-15(13-7-8-22(20,21)10-13)14(17)6-5-11-3-2-4-12(9-11)16(18)19/h2-6,9,13H,7-8,10H2,1H3/b6-5+/t13-/m0/s1. The van der Waals surface area contributed by atoms with Crippen molar-refractivity contribution in [3.8, 4) is 0 Å². The zero-order valence-electron chi connectivity index (χ0n) is 12.0. The maximum absolute atomic E-state index is 12.0. The highest BCUT2D eigenvalue weighted by atomic mass is 32.2. The Morgan fingerprint density at radius 1 is 1.45 bits per heavy atom. The molecule has 1 aliphatic rings. The molecule has 8 heteroatoms. The summed E-state index contributed by atoms with van der Waals surface area (Å²) in [6.45, 7) is 0. The fourth-order valence-electron chi connectivity index (χ4n) is 2.29. The van der Waals surface area contributed by atoms with Gasteiger partial charge in [0.1, 0.15) is 0 Å². The fourth-order valence-corrected chi connectivity index (χ4v) is 4.06. The van der Waals surface area contributed by atoms with Gasteiger partial charge in [0.2, 0.25) is 5.91 Å². The maximum Gasteiger partial charge on any atom is 0.270 e. The summed E-state index contributed by atoms with van der Waals surface area (Å²) in [6, 6.07) is 5.61. The molecule has 0 spiro atoms. The summed E-state index contributed by atoms with van der Waals surface area (Å²) in [6.07, 6.45) is 3.22. The predicted molar refractivity (Wildman–Crippen MR) is 82.0 cm³/mol. The predicted octanol–water partition coefficient (Wildman–Crippen LogP) is 1.25. The van der Waals surface area contributed by atoms with E-state index in [-0.39, 0.29) is 29.1 Å². The molecule has 0 aliphatic carbocycles. The summed E-state index contributed by atoms with van der Waals surface area (Å²) < 4.78 is 22.9. The second kappa shape index (κ2) is 6.27. The van der Waals surface area contributed by atoms with Gasteiger partial charge in [0, 0.05) is 31.3 Å². The van der Waals surface area contributed by atoms with E-state index in [0.717, 1.165) is 0 Å². The number of benzene rings is 1. The summed E-state index contributed by atoms with van der Waals surface area (Å²) in [5.41, 5.74) is 0.486. The van der Waals surface area contributed by atoms with Crippen LogP contribution in [-0.4, -0.2) is 48.7 Å². The van der Waals surface area contributed by atoms with Crippen molar-refractivity contribution >= 4 is 27.5 Å². The first-order chi connectivity index (χ1) is 10.3. The minimum Gasteiger partial charge on any atom is -0.338 e. The molecule has 118 valence electrons. The number of rotatable bonds is 4. The van der Waals surface area contributed by atoms with Gasteiger partial charge in [-0.2, -0.15) is 0 Å². The van der Waals surface area contributed by atoms with Gasteiger partial charge in [-0.25, -0.2) is 8.42 Å². The minimum absolute atomic E-state index is 0.0140. The van der Waals surface area contributed by atoms with Crippen LogP contribution >= 0.6 is 0 Å². The number of nitrogens with zero attached hydrogens (tertiary/aromatic N) is 2. The number of carbonyl (C=O) groups is 1. The summed E-state index contributed by atoms with van der Waals surface area (Å²) in [5.74, 6) is -0.238. The van der Waals surface area contributed by atoms with Gasteiger partial charge in [-0.05, 0) is 18.1 Å². The van der Waals surface area contributed by atoms with Gasteiger partial charge in [-0.3, -0.25) is 14.9 Å². The molecule has 0 saturated carbocycles. The van der Waals surface area contributed by atoms with Crippen LogP contribution < -0.4 is 0 Å². The van der Waals surface area contributed by atoms with Crippen molar-refractivity contribution in [2.24, 2.45) is 0 Å². The topological polar surface area (TPSA) is 97.6 Å². The smallest absolute Gasteiger partial charge is 0.270 e. The Morgan fingerprint density at radius 2 is 2.18 bits per heavy atom. The van der Waals surface area contributed by atoms with Crippen molar-refractivity contribution in [2.45, 2.75) is 12.5 Å². The van der Waals surface area contributed by atoms with Crippen molar-refractivity contribution in [1.29, 1.82) is 0 Å². The first kappa shape index (κ1) is 16.2. The lowest BCUT2D eigenvalue weighted by Crippen LogP contribution is -2.36. The molecule has 1 amide bonds. The molecule has 22 heavy (non-hydrogen) atoms. The highest BCUT2D eigenvalue weighted by Crippen LogP contribution is 2.18. The zero-order valence-corrected chi connectivity index (χ0v) is 12.8. The number of hydrogen-bond acceptors (Lipinski definition) is 5. The molecule has 0 unspecified atom stereocenters. The van der Waals surface area contributed by atoms with Crippen LogP contribution in [-0.2, 0) is 14.6 Å². The number of amides is 1. The third-order valence-electron chi connectivity index (χ3n) is 3.60. The molecule has 1 aliphatic heterocycles. The molecule has 1 saturated heterocycles. The molecular weight excluding hydrogens is 308 g/mol. The third kappa shape index (κ3) is 3.91. The van der Waals surface area contributed by atoms with Crippen LogP contribution in [0.15, 0.2) is 30.3 Å². The Labute approximate surface area is 128 Å². The molecule has 2 rings (SSSR count). The van der Waals surface area contributed by atoms with E-state index in [2.05, 4.69) is 0 Å². The van der Waals surface area contributed by atoms with Gasteiger partial charge in [0.15, 0.2) is 9.84 Å². The lowest BCUT2D eigenvalue weighted by atomic mass is 10.2. The van der Waals surface area contributed by atoms with E-state index in [1.807, 2.05) is 0 Å². The van der Waals surface area contributed by atoms with Gasteiger partial charge in [-0.15, -0.1) is 0 Å². The molecule has 7 nitrogen and oxygen atoms in total. The minimum atomic E-state index is -3.05. The summed E-state index contributed by atoms with van der Waals surface area (Å²) in [5, 5.41) is 10.7. The normalized spacial score (nSPS) is 20.1. The Balaban J connectivity index is 2.05. The third-order valence-corrected chi connectivity index (χ3v) is 5.35. The van der Waals surface area contributed by atoms with Crippen LogP contribution in [0.1, 0.15) is 12.0 Å². The quantitative estimate of drug-likeness (QED) is 0.472. The Kier molecular flexibility index (Phi) is 4.60. The number of sulfone groups is 1. The molecule has 1 atom stereocenters. The lowest BCUT2D eigenvalue weighted by Gasteiger charge is -2.21. The molecule has 1 fully saturated rings. The zero-order chi connectivity index (χ0) is 16.3. The number of hydrogen-bond donors (Lipinski definition) is 0. The SMILES string of the molecule is CN(C(=O)/C=C/c1cccc([N+](=O)[O-])c1)[C@H]1CCS(=O)(=O)C1. The van der Waals surface area contributed by atoms with Crippen molar-refractivity contribution in [1.82, 2.24) is 4.90 Å². The van der Waals surface area contributed by atoms with E-state index in [9.17, 15) is 23.3 Å². The van der Waals surface area contributed by atoms with Crippen LogP contribution in [0.5, 0.6) is 0 Å². The number of nitro benzene ring substituents is 1.